The first-order valence-corrected chi connectivity index (χ1v) is 6.17. The topological polar surface area (TPSA) is 73.6 Å². The van der Waals surface area contributed by atoms with Crippen molar-refractivity contribution in [2.24, 2.45) is 0 Å². The van der Waals surface area contributed by atoms with Gasteiger partial charge < -0.3 is 19.3 Å². The Labute approximate surface area is 116 Å². The van der Waals surface area contributed by atoms with Gasteiger partial charge in [-0.15, -0.1) is 0 Å². The average molecular weight is 276 g/mol. The zero-order chi connectivity index (χ0) is 14.4. The Morgan fingerprint density at radius 2 is 2.00 bits per heavy atom. The number of aryl methyl sites for hydroxylation is 1. The molecule has 0 saturated heterocycles. The lowest BCUT2D eigenvalue weighted by molar-refractivity contribution is 0.0945. The first-order valence-electron chi connectivity index (χ1n) is 6.17. The van der Waals surface area contributed by atoms with Gasteiger partial charge in [-0.05, 0) is 31.2 Å². The first kappa shape index (κ1) is 13.9. The summed E-state index contributed by atoms with van der Waals surface area (Å²) in [5, 5.41) is 6.29. The molecule has 0 saturated carbocycles. The molecule has 0 atom stereocenters. The number of nitrogens with zero attached hydrogens (tertiary/aromatic N) is 1. The van der Waals surface area contributed by atoms with E-state index in [1.165, 1.54) is 6.20 Å². The number of aromatic nitrogens is 1. The highest BCUT2D eigenvalue weighted by Gasteiger charge is 2.11. The summed E-state index contributed by atoms with van der Waals surface area (Å²) in [5.41, 5.74) is 0.439. The number of hydrogen-bond acceptors (Lipinski definition) is 5. The first-order chi connectivity index (χ1) is 9.70. The molecule has 0 unspecified atom stereocenters. The Kier molecular flexibility index (Phi) is 4.60. The minimum atomic E-state index is -0.220. The summed E-state index contributed by atoms with van der Waals surface area (Å²) in [4.78, 5) is 11.7. The third-order valence-corrected chi connectivity index (χ3v) is 2.71. The lowest BCUT2D eigenvalue weighted by atomic mass is 10.2. The SMILES string of the molecule is COc1ccc(OCCNC(=O)c2cnoc2C)cc1. The number of benzene rings is 1. The van der Waals surface area contributed by atoms with Gasteiger partial charge in [0.25, 0.3) is 5.91 Å². The maximum atomic E-state index is 11.7. The van der Waals surface area contributed by atoms with Crippen molar-refractivity contribution in [2.45, 2.75) is 6.92 Å². The molecule has 1 aromatic heterocycles. The minimum Gasteiger partial charge on any atom is -0.497 e. The van der Waals surface area contributed by atoms with Crippen molar-refractivity contribution >= 4 is 5.91 Å². The van der Waals surface area contributed by atoms with Crippen molar-refractivity contribution in [1.29, 1.82) is 0 Å². The molecule has 6 nitrogen and oxygen atoms in total. The zero-order valence-electron chi connectivity index (χ0n) is 11.4. The Balaban J connectivity index is 1.73. The van der Waals surface area contributed by atoms with E-state index in [9.17, 15) is 4.79 Å². The Hall–Kier alpha value is -2.50. The van der Waals surface area contributed by atoms with Gasteiger partial charge in [-0.3, -0.25) is 4.79 Å². The van der Waals surface area contributed by atoms with Crippen LogP contribution in [0, 0.1) is 6.92 Å². The van der Waals surface area contributed by atoms with Crippen molar-refractivity contribution < 1.29 is 18.8 Å². The van der Waals surface area contributed by atoms with E-state index in [1.54, 1.807) is 14.0 Å². The van der Waals surface area contributed by atoms with Crippen LogP contribution in [0.2, 0.25) is 0 Å². The van der Waals surface area contributed by atoms with Crippen molar-refractivity contribution in [3.63, 3.8) is 0 Å². The second-order valence-electron chi connectivity index (χ2n) is 4.08. The van der Waals surface area contributed by atoms with E-state index in [4.69, 9.17) is 14.0 Å². The second kappa shape index (κ2) is 6.60. The van der Waals surface area contributed by atoms with E-state index in [0.29, 0.717) is 24.5 Å². The van der Waals surface area contributed by atoms with Crippen LogP contribution in [0.4, 0.5) is 0 Å². The van der Waals surface area contributed by atoms with Gasteiger partial charge in [-0.25, -0.2) is 0 Å². The number of rotatable bonds is 6. The highest BCUT2D eigenvalue weighted by atomic mass is 16.5. The van der Waals surface area contributed by atoms with E-state index < -0.39 is 0 Å². The third kappa shape index (κ3) is 3.50. The Morgan fingerprint density at radius 1 is 1.30 bits per heavy atom. The Morgan fingerprint density at radius 3 is 2.60 bits per heavy atom. The van der Waals surface area contributed by atoms with E-state index in [-0.39, 0.29) is 5.91 Å². The highest BCUT2D eigenvalue weighted by Crippen LogP contribution is 2.16. The maximum absolute atomic E-state index is 11.7. The summed E-state index contributed by atoms with van der Waals surface area (Å²) in [6, 6.07) is 7.25. The van der Waals surface area contributed by atoms with E-state index in [2.05, 4.69) is 10.5 Å². The maximum Gasteiger partial charge on any atom is 0.256 e. The molecular formula is C14H16N2O4. The molecule has 1 aromatic carbocycles. The summed E-state index contributed by atoms with van der Waals surface area (Å²) in [6.07, 6.45) is 1.40. The molecule has 0 spiro atoms. The molecule has 6 heteroatoms. The highest BCUT2D eigenvalue weighted by molar-refractivity contribution is 5.94. The second-order valence-corrected chi connectivity index (χ2v) is 4.08. The van der Waals surface area contributed by atoms with Gasteiger partial charge in [0.15, 0.2) is 0 Å². The van der Waals surface area contributed by atoms with Crippen molar-refractivity contribution in [3.8, 4) is 11.5 Å². The molecule has 0 radical (unpaired) electrons. The van der Waals surface area contributed by atoms with Crippen molar-refractivity contribution in [1.82, 2.24) is 10.5 Å². The van der Waals surface area contributed by atoms with Gasteiger partial charge in [0.2, 0.25) is 0 Å². The zero-order valence-corrected chi connectivity index (χ0v) is 11.4. The van der Waals surface area contributed by atoms with Crippen LogP contribution in [-0.2, 0) is 0 Å². The lowest BCUT2D eigenvalue weighted by Crippen LogP contribution is -2.28. The van der Waals surface area contributed by atoms with Crippen LogP contribution in [0.25, 0.3) is 0 Å². The van der Waals surface area contributed by atoms with Gasteiger partial charge in [-0.1, -0.05) is 5.16 Å². The van der Waals surface area contributed by atoms with Crippen LogP contribution >= 0.6 is 0 Å². The van der Waals surface area contributed by atoms with Gasteiger partial charge in [-0.2, -0.15) is 0 Å². The normalized spacial score (nSPS) is 10.1. The summed E-state index contributed by atoms with van der Waals surface area (Å²) in [5.74, 6) is 1.77. The molecule has 1 amide bonds. The van der Waals surface area contributed by atoms with Gasteiger partial charge in [0.1, 0.15) is 29.4 Å². The standard InChI is InChI=1S/C14H16N2O4/c1-10-13(9-16-20-10)14(17)15-7-8-19-12-5-3-11(18-2)4-6-12/h3-6,9H,7-8H2,1-2H3,(H,15,17). The van der Waals surface area contributed by atoms with E-state index in [1.807, 2.05) is 24.3 Å². The van der Waals surface area contributed by atoms with Gasteiger partial charge in [0.05, 0.1) is 19.9 Å². The number of hydrogen-bond donors (Lipinski definition) is 1. The van der Waals surface area contributed by atoms with Crippen LogP contribution in [0.5, 0.6) is 11.5 Å². The predicted molar refractivity (Wildman–Crippen MR) is 72.1 cm³/mol. The molecule has 2 rings (SSSR count). The van der Waals surface area contributed by atoms with Crippen LogP contribution in [0.1, 0.15) is 16.1 Å². The summed E-state index contributed by atoms with van der Waals surface area (Å²) >= 11 is 0. The fourth-order valence-electron chi connectivity index (χ4n) is 1.62. The Bertz CT molecular complexity index is 563. The number of methoxy groups -OCH3 is 1. The molecule has 0 bridgehead atoms. The largest absolute Gasteiger partial charge is 0.497 e. The number of ether oxygens (including phenoxy) is 2. The molecule has 1 heterocycles. The van der Waals surface area contributed by atoms with Crippen LogP contribution < -0.4 is 14.8 Å². The van der Waals surface area contributed by atoms with Crippen LogP contribution in [0.3, 0.4) is 0 Å². The molecule has 0 aliphatic heterocycles. The van der Waals surface area contributed by atoms with E-state index in [0.717, 1.165) is 11.5 Å². The molecule has 20 heavy (non-hydrogen) atoms. The summed E-state index contributed by atoms with van der Waals surface area (Å²) in [6.45, 7) is 2.47. The van der Waals surface area contributed by atoms with E-state index >= 15 is 0 Å². The minimum absolute atomic E-state index is 0.220. The molecule has 0 aliphatic carbocycles. The van der Waals surface area contributed by atoms with Crippen molar-refractivity contribution in [2.75, 3.05) is 20.3 Å². The summed E-state index contributed by atoms with van der Waals surface area (Å²) in [7, 11) is 1.61. The number of amides is 1. The van der Waals surface area contributed by atoms with Crippen LogP contribution in [0.15, 0.2) is 35.0 Å². The molecule has 2 aromatic rings. The number of carbonyl (C=O) groups is 1. The van der Waals surface area contributed by atoms with Crippen LogP contribution in [-0.4, -0.2) is 31.3 Å². The molecule has 106 valence electrons. The lowest BCUT2D eigenvalue weighted by Gasteiger charge is -2.07. The molecule has 1 N–H and O–H groups in total. The monoisotopic (exact) mass is 276 g/mol. The fraction of sp³-hybridized carbons (Fsp3) is 0.286. The third-order valence-electron chi connectivity index (χ3n) is 2.71. The number of carbonyl (C=O) groups excluding carboxylic acids is 1. The van der Waals surface area contributed by atoms with Gasteiger partial charge in [0, 0.05) is 0 Å². The summed E-state index contributed by atoms with van der Waals surface area (Å²) < 4.78 is 15.4. The fourth-order valence-corrected chi connectivity index (χ4v) is 1.62. The van der Waals surface area contributed by atoms with Crippen molar-refractivity contribution in [3.05, 3.63) is 41.8 Å². The predicted octanol–water partition coefficient (Wildman–Crippen LogP) is 1.80. The quantitative estimate of drug-likeness (QED) is 0.814. The molecule has 0 aliphatic rings. The molecule has 0 fully saturated rings. The number of nitrogens with one attached hydrogen (secondary N) is 1. The molecular weight excluding hydrogens is 260 g/mol. The smallest absolute Gasteiger partial charge is 0.256 e. The average Bonchev–Trinajstić information content (AvgIpc) is 2.90. The van der Waals surface area contributed by atoms with Gasteiger partial charge >= 0.3 is 0 Å².